The summed E-state index contributed by atoms with van der Waals surface area (Å²) in [7, 11) is -2.59. The van der Waals surface area contributed by atoms with Crippen molar-refractivity contribution in [2.75, 3.05) is 36.1 Å². The highest BCUT2D eigenvalue weighted by atomic mass is 35.5. The molecule has 11 heteroatoms. The number of amides is 1. The van der Waals surface area contributed by atoms with Crippen LogP contribution in [-0.2, 0) is 14.8 Å². The summed E-state index contributed by atoms with van der Waals surface area (Å²) in [6.07, 6.45) is 1.90. The molecule has 4 rings (SSSR count). The number of carbonyl (C=O) groups is 1. The number of para-hydroxylation sites is 2. The van der Waals surface area contributed by atoms with Gasteiger partial charge in [0.05, 0.1) is 30.0 Å². The number of hydrogen-bond acceptors (Lipinski definition) is 7. The number of nitrogens with zero attached hydrogens (tertiary/aromatic N) is 1. The Morgan fingerprint density at radius 3 is 2.24 bits per heavy atom. The van der Waals surface area contributed by atoms with Crippen molar-refractivity contribution in [1.29, 1.82) is 0 Å². The van der Waals surface area contributed by atoms with Gasteiger partial charge in [-0.3, -0.25) is 9.10 Å². The monoisotopic (exact) mass is 612 g/mol. The number of benzene rings is 4. The maximum atomic E-state index is 13.8. The Labute approximate surface area is 249 Å². The molecule has 0 fully saturated rings. The van der Waals surface area contributed by atoms with Gasteiger partial charge in [0, 0.05) is 9.92 Å². The Hall–Kier alpha value is -3.86. The second-order valence-corrected chi connectivity index (χ2v) is 11.7. The van der Waals surface area contributed by atoms with Gasteiger partial charge in [-0.2, -0.15) is 0 Å². The average Bonchev–Trinajstić information content (AvgIpc) is 2.98. The lowest BCUT2D eigenvalue weighted by molar-refractivity contribution is -0.114. The SMILES string of the molecule is CCOc1ccc(N(CC(=O)Nc2cc(Cl)ccc2Oc2ccccc2OC)S(=O)(=O)c2ccc(SC)cc2)cc1. The third-order valence-electron chi connectivity index (χ3n) is 5.88. The van der Waals surface area contributed by atoms with Crippen LogP contribution in [0.4, 0.5) is 11.4 Å². The molecule has 0 aliphatic rings. The number of methoxy groups -OCH3 is 1. The topological polar surface area (TPSA) is 94.2 Å². The van der Waals surface area contributed by atoms with Crippen molar-refractivity contribution in [2.45, 2.75) is 16.7 Å². The van der Waals surface area contributed by atoms with Gasteiger partial charge in [-0.25, -0.2) is 8.42 Å². The summed E-state index contributed by atoms with van der Waals surface area (Å²) in [4.78, 5) is 14.4. The lowest BCUT2D eigenvalue weighted by Crippen LogP contribution is -2.38. The molecular weight excluding hydrogens is 584 g/mol. The van der Waals surface area contributed by atoms with E-state index in [1.165, 1.54) is 37.1 Å². The van der Waals surface area contributed by atoms with E-state index in [-0.39, 0.29) is 10.6 Å². The zero-order chi connectivity index (χ0) is 29.4. The summed E-state index contributed by atoms with van der Waals surface area (Å²) in [6.45, 7) is 1.81. The maximum Gasteiger partial charge on any atom is 0.264 e. The molecule has 0 aliphatic carbocycles. The van der Waals surface area contributed by atoms with Gasteiger partial charge in [0.25, 0.3) is 10.0 Å². The van der Waals surface area contributed by atoms with E-state index in [0.29, 0.717) is 40.3 Å². The lowest BCUT2D eigenvalue weighted by atomic mass is 10.2. The lowest BCUT2D eigenvalue weighted by Gasteiger charge is -2.24. The molecule has 8 nitrogen and oxygen atoms in total. The first-order valence-electron chi connectivity index (χ1n) is 12.5. The molecule has 0 aliphatic heterocycles. The third-order valence-corrected chi connectivity index (χ3v) is 8.64. The van der Waals surface area contributed by atoms with Gasteiger partial charge in [0.2, 0.25) is 5.91 Å². The first-order valence-corrected chi connectivity index (χ1v) is 15.6. The summed E-state index contributed by atoms with van der Waals surface area (Å²) in [5, 5.41) is 3.12. The zero-order valence-electron chi connectivity index (χ0n) is 22.7. The standard InChI is InChI=1S/C30H29ClN2O6S2/c1-4-38-23-12-10-22(11-13-23)33(41(35,36)25-16-14-24(40-3)15-17-25)20-30(34)32-26-19-21(31)9-18-27(26)39-29-8-6-5-7-28(29)37-2/h5-19H,4,20H2,1-3H3,(H,32,34). The smallest absolute Gasteiger partial charge is 0.264 e. The number of sulfonamides is 1. The van der Waals surface area contributed by atoms with Gasteiger partial charge in [-0.05, 0) is 92.0 Å². The Bertz CT molecular complexity index is 1600. The van der Waals surface area contributed by atoms with E-state index in [4.69, 9.17) is 25.8 Å². The Morgan fingerprint density at radius 1 is 0.927 bits per heavy atom. The van der Waals surface area contributed by atoms with Crippen molar-refractivity contribution >= 4 is 50.7 Å². The van der Waals surface area contributed by atoms with Crippen molar-refractivity contribution in [3.05, 3.63) is 96.0 Å². The minimum absolute atomic E-state index is 0.0555. The molecule has 4 aromatic carbocycles. The molecule has 0 saturated heterocycles. The number of halogens is 1. The van der Waals surface area contributed by atoms with Crippen molar-refractivity contribution in [2.24, 2.45) is 0 Å². The molecule has 0 aromatic heterocycles. The first-order chi connectivity index (χ1) is 19.7. The van der Waals surface area contributed by atoms with Crippen molar-refractivity contribution in [1.82, 2.24) is 0 Å². The van der Waals surface area contributed by atoms with E-state index < -0.39 is 22.5 Å². The minimum atomic E-state index is -4.12. The fourth-order valence-electron chi connectivity index (χ4n) is 3.90. The van der Waals surface area contributed by atoms with Crippen molar-refractivity contribution in [3.63, 3.8) is 0 Å². The number of thioether (sulfide) groups is 1. The van der Waals surface area contributed by atoms with E-state index in [2.05, 4.69) is 5.32 Å². The molecule has 0 heterocycles. The maximum absolute atomic E-state index is 13.8. The van der Waals surface area contributed by atoms with Gasteiger partial charge >= 0.3 is 0 Å². The normalized spacial score (nSPS) is 11.0. The molecule has 4 aromatic rings. The number of nitrogens with one attached hydrogen (secondary N) is 1. The number of hydrogen-bond donors (Lipinski definition) is 1. The molecule has 1 N–H and O–H groups in total. The van der Waals surface area contributed by atoms with Crippen LogP contribution in [0.2, 0.25) is 5.02 Å². The summed E-state index contributed by atoms with van der Waals surface area (Å²) >= 11 is 7.73. The minimum Gasteiger partial charge on any atom is -0.494 e. The van der Waals surface area contributed by atoms with Crippen molar-refractivity contribution < 1.29 is 27.4 Å². The molecule has 0 unspecified atom stereocenters. The second kappa shape index (κ2) is 13.7. The largest absolute Gasteiger partial charge is 0.494 e. The van der Waals surface area contributed by atoms with Crippen LogP contribution in [0.15, 0.2) is 101 Å². The van der Waals surface area contributed by atoms with Crippen LogP contribution < -0.4 is 23.8 Å². The van der Waals surface area contributed by atoms with Gasteiger partial charge in [0.15, 0.2) is 17.2 Å². The molecule has 0 radical (unpaired) electrons. The van der Waals surface area contributed by atoms with Crippen LogP contribution in [0.1, 0.15) is 6.92 Å². The Balaban J connectivity index is 1.65. The van der Waals surface area contributed by atoms with Crippen LogP contribution in [-0.4, -0.2) is 40.8 Å². The van der Waals surface area contributed by atoms with Gasteiger partial charge in [-0.15, -0.1) is 11.8 Å². The number of carbonyl (C=O) groups excluding carboxylic acids is 1. The fraction of sp³-hybridized carbons (Fsp3) is 0.167. The molecule has 1 amide bonds. The number of ether oxygens (including phenoxy) is 3. The van der Waals surface area contributed by atoms with E-state index >= 15 is 0 Å². The number of rotatable bonds is 12. The van der Waals surface area contributed by atoms with E-state index in [1.54, 1.807) is 72.8 Å². The Kier molecular flexibility index (Phi) is 10.0. The van der Waals surface area contributed by atoms with E-state index in [0.717, 1.165) is 9.20 Å². The molecule has 41 heavy (non-hydrogen) atoms. The highest BCUT2D eigenvalue weighted by Crippen LogP contribution is 2.36. The first kappa shape index (κ1) is 30.1. The predicted octanol–water partition coefficient (Wildman–Crippen LogP) is 7.10. The quantitative estimate of drug-likeness (QED) is 0.171. The average molecular weight is 613 g/mol. The van der Waals surface area contributed by atoms with Crippen LogP contribution >= 0.6 is 23.4 Å². The van der Waals surface area contributed by atoms with Crippen LogP contribution in [0, 0.1) is 0 Å². The fourth-order valence-corrected chi connectivity index (χ4v) is 5.90. The molecule has 0 spiro atoms. The number of anilines is 2. The summed E-state index contributed by atoms with van der Waals surface area (Å²) in [6, 6.07) is 24.8. The molecular formula is C30H29ClN2O6S2. The van der Waals surface area contributed by atoms with Crippen molar-refractivity contribution in [3.8, 4) is 23.0 Å². The van der Waals surface area contributed by atoms with E-state index in [1.807, 2.05) is 13.2 Å². The van der Waals surface area contributed by atoms with E-state index in [9.17, 15) is 13.2 Å². The highest BCUT2D eigenvalue weighted by Gasteiger charge is 2.28. The molecule has 214 valence electrons. The second-order valence-electron chi connectivity index (χ2n) is 8.56. The highest BCUT2D eigenvalue weighted by molar-refractivity contribution is 7.98. The summed E-state index contributed by atoms with van der Waals surface area (Å²) in [5.41, 5.74) is 0.566. The Morgan fingerprint density at radius 2 is 1.61 bits per heavy atom. The molecule has 0 saturated carbocycles. The predicted molar refractivity (Wildman–Crippen MR) is 164 cm³/mol. The van der Waals surface area contributed by atoms with Gasteiger partial charge < -0.3 is 19.5 Å². The molecule has 0 bridgehead atoms. The van der Waals surface area contributed by atoms with Gasteiger partial charge in [-0.1, -0.05) is 23.7 Å². The van der Waals surface area contributed by atoms with Gasteiger partial charge in [0.1, 0.15) is 12.3 Å². The van der Waals surface area contributed by atoms with Crippen LogP contribution in [0.5, 0.6) is 23.0 Å². The van der Waals surface area contributed by atoms with Crippen LogP contribution in [0.3, 0.4) is 0 Å². The van der Waals surface area contributed by atoms with Crippen LogP contribution in [0.25, 0.3) is 0 Å². The zero-order valence-corrected chi connectivity index (χ0v) is 25.1. The molecule has 0 atom stereocenters. The summed E-state index contributed by atoms with van der Waals surface area (Å²) < 4.78 is 45.6. The third kappa shape index (κ3) is 7.46. The summed E-state index contributed by atoms with van der Waals surface area (Å²) in [5.74, 6) is 1.21.